The third-order valence-electron chi connectivity index (χ3n) is 5.19. The summed E-state index contributed by atoms with van der Waals surface area (Å²) in [6.07, 6.45) is 9.30. The van der Waals surface area contributed by atoms with Crippen LogP contribution in [0.25, 0.3) is 0 Å². The fourth-order valence-electron chi connectivity index (χ4n) is 3.74. The molecule has 0 unspecified atom stereocenters. The Morgan fingerprint density at radius 2 is 1.85 bits per heavy atom. The van der Waals surface area contributed by atoms with Gasteiger partial charge in [-0.2, -0.15) is 0 Å². The van der Waals surface area contributed by atoms with Crippen LogP contribution in [0.4, 0.5) is 5.69 Å². The van der Waals surface area contributed by atoms with Crippen LogP contribution in [0.1, 0.15) is 59.5 Å². The van der Waals surface area contributed by atoms with Crippen LogP contribution in [0.15, 0.2) is 6.07 Å². The highest BCUT2D eigenvalue weighted by Crippen LogP contribution is 2.44. The van der Waals surface area contributed by atoms with E-state index in [-0.39, 0.29) is 5.91 Å². The number of rotatable bonds is 1. The van der Waals surface area contributed by atoms with Crippen molar-refractivity contribution in [1.29, 1.82) is 0 Å². The number of nitrogens with zero attached hydrogens (tertiary/aromatic N) is 1. The Balaban J connectivity index is 1.64. The molecule has 0 aromatic carbocycles. The first-order valence-corrected chi connectivity index (χ1v) is 8.57. The molecule has 1 amide bonds. The van der Waals surface area contributed by atoms with Crippen molar-refractivity contribution in [1.82, 2.24) is 4.90 Å². The van der Waals surface area contributed by atoms with E-state index in [1.54, 1.807) is 0 Å². The SMILES string of the molecule is Cc1sc(C(=O)N2CCC3(CCCCC3)CC2)cc1N. The van der Waals surface area contributed by atoms with Gasteiger partial charge < -0.3 is 10.6 Å². The number of aryl methyl sites for hydroxylation is 1. The second-order valence-corrected chi connectivity index (χ2v) is 7.73. The van der Waals surface area contributed by atoms with Gasteiger partial charge in [-0.05, 0) is 44.1 Å². The zero-order valence-corrected chi connectivity index (χ0v) is 13.1. The summed E-state index contributed by atoms with van der Waals surface area (Å²) in [5.74, 6) is 0.181. The van der Waals surface area contributed by atoms with E-state index in [0.29, 0.717) is 5.41 Å². The summed E-state index contributed by atoms with van der Waals surface area (Å²) in [6.45, 7) is 3.83. The van der Waals surface area contributed by atoms with Crippen molar-refractivity contribution in [2.45, 2.75) is 51.9 Å². The van der Waals surface area contributed by atoms with Crippen molar-refractivity contribution in [3.05, 3.63) is 15.8 Å². The highest BCUT2D eigenvalue weighted by molar-refractivity contribution is 7.14. The molecule has 1 saturated heterocycles. The molecular formula is C16H24N2OS. The van der Waals surface area contributed by atoms with Gasteiger partial charge in [-0.25, -0.2) is 0 Å². The molecule has 4 heteroatoms. The van der Waals surface area contributed by atoms with Gasteiger partial charge in [0.1, 0.15) is 0 Å². The zero-order valence-electron chi connectivity index (χ0n) is 12.3. The van der Waals surface area contributed by atoms with E-state index >= 15 is 0 Å². The molecule has 3 nitrogen and oxygen atoms in total. The van der Waals surface area contributed by atoms with Crippen molar-refractivity contribution in [3.8, 4) is 0 Å². The van der Waals surface area contributed by atoms with Gasteiger partial charge in [0.2, 0.25) is 0 Å². The molecule has 1 aromatic heterocycles. The van der Waals surface area contributed by atoms with Crippen LogP contribution >= 0.6 is 11.3 Å². The summed E-state index contributed by atoms with van der Waals surface area (Å²) in [5.41, 5.74) is 7.16. The molecule has 0 atom stereocenters. The summed E-state index contributed by atoms with van der Waals surface area (Å²) in [6, 6.07) is 1.84. The van der Waals surface area contributed by atoms with Crippen LogP contribution in [0.5, 0.6) is 0 Å². The lowest BCUT2D eigenvalue weighted by molar-refractivity contribution is 0.0476. The van der Waals surface area contributed by atoms with Crippen LogP contribution in [0, 0.1) is 12.3 Å². The summed E-state index contributed by atoms with van der Waals surface area (Å²) in [4.78, 5) is 16.4. The lowest BCUT2D eigenvalue weighted by Crippen LogP contribution is -2.43. The van der Waals surface area contributed by atoms with E-state index in [0.717, 1.165) is 28.5 Å². The normalized spacial score (nSPS) is 22.1. The summed E-state index contributed by atoms with van der Waals surface area (Å²) in [7, 11) is 0. The smallest absolute Gasteiger partial charge is 0.264 e. The predicted molar refractivity (Wildman–Crippen MR) is 84.1 cm³/mol. The Kier molecular flexibility index (Phi) is 3.76. The third-order valence-corrected chi connectivity index (χ3v) is 6.25. The van der Waals surface area contributed by atoms with Gasteiger partial charge in [-0.15, -0.1) is 11.3 Å². The molecule has 2 N–H and O–H groups in total. The second-order valence-electron chi connectivity index (χ2n) is 6.48. The number of amides is 1. The van der Waals surface area contributed by atoms with Crippen LogP contribution < -0.4 is 5.73 Å². The van der Waals surface area contributed by atoms with Gasteiger partial charge >= 0.3 is 0 Å². The van der Waals surface area contributed by atoms with Crippen molar-refractivity contribution in [2.24, 2.45) is 5.41 Å². The average Bonchev–Trinajstić information content (AvgIpc) is 2.80. The number of nitrogen functional groups attached to an aromatic ring is 1. The zero-order chi connectivity index (χ0) is 14.2. The first-order chi connectivity index (χ1) is 9.60. The molecule has 1 spiro atoms. The molecule has 2 fully saturated rings. The van der Waals surface area contributed by atoms with Crippen molar-refractivity contribution in [3.63, 3.8) is 0 Å². The topological polar surface area (TPSA) is 46.3 Å². The lowest BCUT2D eigenvalue weighted by Gasteiger charge is -2.44. The van der Waals surface area contributed by atoms with Gasteiger partial charge in [0.15, 0.2) is 0 Å². The first-order valence-electron chi connectivity index (χ1n) is 7.75. The lowest BCUT2D eigenvalue weighted by atomic mass is 9.68. The second kappa shape index (κ2) is 5.40. The van der Waals surface area contributed by atoms with E-state index < -0.39 is 0 Å². The maximum Gasteiger partial charge on any atom is 0.264 e. The molecule has 0 bridgehead atoms. The van der Waals surface area contributed by atoms with Crippen molar-refractivity contribution >= 4 is 22.9 Å². The molecule has 2 heterocycles. The number of carbonyl (C=O) groups is 1. The minimum absolute atomic E-state index is 0.181. The van der Waals surface area contributed by atoms with Crippen LogP contribution in [-0.2, 0) is 0 Å². The monoisotopic (exact) mass is 292 g/mol. The molecule has 0 radical (unpaired) electrons. The summed E-state index contributed by atoms with van der Waals surface area (Å²) >= 11 is 1.53. The summed E-state index contributed by atoms with van der Waals surface area (Å²) < 4.78 is 0. The molecule has 20 heavy (non-hydrogen) atoms. The Bertz CT molecular complexity index is 473. The molecule has 2 aliphatic rings. The minimum Gasteiger partial charge on any atom is -0.398 e. The number of likely N-dealkylation sites (tertiary alicyclic amines) is 1. The van der Waals surface area contributed by atoms with Gasteiger partial charge in [0.05, 0.1) is 4.88 Å². The number of nitrogens with two attached hydrogens (primary N) is 1. The molecule has 1 aromatic rings. The van der Waals surface area contributed by atoms with E-state index in [9.17, 15) is 4.79 Å². The maximum atomic E-state index is 12.5. The molecule has 110 valence electrons. The van der Waals surface area contributed by atoms with E-state index in [1.807, 2.05) is 17.9 Å². The predicted octanol–water partition coefficient (Wildman–Crippen LogP) is 3.83. The maximum absolute atomic E-state index is 12.5. The number of piperidine rings is 1. The molecular weight excluding hydrogens is 268 g/mol. The van der Waals surface area contributed by atoms with Crippen LogP contribution in [0.3, 0.4) is 0 Å². The Hall–Kier alpha value is -1.03. The van der Waals surface area contributed by atoms with Gasteiger partial charge in [-0.3, -0.25) is 4.79 Å². The van der Waals surface area contributed by atoms with Crippen molar-refractivity contribution in [2.75, 3.05) is 18.8 Å². The van der Waals surface area contributed by atoms with Crippen molar-refractivity contribution < 1.29 is 4.79 Å². The van der Waals surface area contributed by atoms with E-state index in [2.05, 4.69) is 0 Å². The van der Waals surface area contributed by atoms with Crippen LogP contribution in [-0.4, -0.2) is 23.9 Å². The van der Waals surface area contributed by atoms with E-state index in [1.165, 1.54) is 56.3 Å². The van der Waals surface area contributed by atoms with Crippen LogP contribution in [0.2, 0.25) is 0 Å². The quantitative estimate of drug-likeness (QED) is 0.855. The number of thiophene rings is 1. The van der Waals surface area contributed by atoms with Gasteiger partial charge in [0, 0.05) is 23.7 Å². The Labute approximate surface area is 125 Å². The number of anilines is 1. The number of hydrogen-bond acceptors (Lipinski definition) is 3. The summed E-state index contributed by atoms with van der Waals surface area (Å²) in [5, 5.41) is 0. The van der Waals surface area contributed by atoms with Gasteiger partial charge in [0.25, 0.3) is 5.91 Å². The Morgan fingerprint density at radius 1 is 1.20 bits per heavy atom. The highest BCUT2D eigenvalue weighted by atomic mass is 32.1. The number of carbonyl (C=O) groups excluding carboxylic acids is 1. The van der Waals surface area contributed by atoms with E-state index in [4.69, 9.17) is 5.73 Å². The molecule has 1 aliphatic carbocycles. The average molecular weight is 292 g/mol. The fourth-order valence-corrected chi connectivity index (χ4v) is 4.65. The standard InChI is InChI=1S/C16H24N2OS/c1-12-13(17)11-14(20-12)15(19)18-9-7-16(8-10-18)5-3-2-4-6-16/h11H,2-10,17H2,1H3. The molecule has 1 saturated carbocycles. The fraction of sp³-hybridized carbons (Fsp3) is 0.688. The molecule has 3 rings (SSSR count). The first kappa shape index (κ1) is 13.9. The largest absolute Gasteiger partial charge is 0.398 e. The highest BCUT2D eigenvalue weighted by Gasteiger charge is 2.36. The minimum atomic E-state index is 0.181. The Morgan fingerprint density at radius 3 is 2.40 bits per heavy atom. The third kappa shape index (κ3) is 2.58. The number of hydrogen-bond donors (Lipinski definition) is 1. The molecule has 1 aliphatic heterocycles. The van der Waals surface area contributed by atoms with Gasteiger partial charge in [-0.1, -0.05) is 19.3 Å².